The zero-order valence-electron chi connectivity index (χ0n) is 11.0. The van der Waals surface area contributed by atoms with Crippen LogP contribution in [0, 0.1) is 0 Å². The molecule has 0 radical (unpaired) electrons. The van der Waals surface area contributed by atoms with E-state index in [1.165, 1.54) is 0 Å². The summed E-state index contributed by atoms with van der Waals surface area (Å²) in [4.78, 5) is 11.7. The number of hydrogen-bond acceptors (Lipinski definition) is 3. The summed E-state index contributed by atoms with van der Waals surface area (Å²) in [7, 11) is 0. The average Bonchev–Trinajstić information content (AvgIpc) is 2.27. The molecule has 0 aromatic rings. The summed E-state index contributed by atoms with van der Waals surface area (Å²) < 4.78 is 10.3. The van der Waals surface area contributed by atoms with Crippen LogP contribution in [0.1, 0.15) is 47.0 Å². The van der Waals surface area contributed by atoms with Crippen LogP contribution < -0.4 is 0 Å². The maximum atomic E-state index is 11.7. The summed E-state index contributed by atoms with van der Waals surface area (Å²) in [6, 6.07) is 0. The van der Waals surface area contributed by atoms with Crippen LogP contribution in [-0.4, -0.2) is 25.8 Å². The molecule has 3 nitrogen and oxygen atoms in total. The number of ether oxygens (including phenoxy) is 2. The SMILES string of the molecule is CCCCC(C)=C(COCC)C(=O)OCC. The van der Waals surface area contributed by atoms with E-state index in [9.17, 15) is 4.79 Å². The second-order valence-electron chi connectivity index (χ2n) is 3.72. The normalized spacial score (nSPS) is 12.2. The summed E-state index contributed by atoms with van der Waals surface area (Å²) in [5.74, 6) is -0.232. The molecule has 3 heteroatoms. The van der Waals surface area contributed by atoms with Crippen LogP contribution >= 0.6 is 0 Å². The third-order valence-electron chi connectivity index (χ3n) is 2.39. The van der Waals surface area contributed by atoms with Gasteiger partial charge in [-0.2, -0.15) is 0 Å². The first kappa shape index (κ1) is 15.2. The molecule has 0 unspecified atom stereocenters. The van der Waals surface area contributed by atoms with Gasteiger partial charge < -0.3 is 9.47 Å². The standard InChI is InChI=1S/C13H24O3/c1-5-8-9-11(4)12(10-15-6-2)13(14)16-7-3/h5-10H2,1-4H3. The van der Waals surface area contributed by atoms with Crippen molar-refractivity contribution in [2.45, 2.75) is 47.0 Å². The number of carbonyl (C=O) groups is 1. The fourth-order valence-corrected chi connectivity index (χ4v) is 1.37. The Balaban J connectivity index is 4.54. The lowest BCUT2D eigenvalue weighted by Gasteiger charge is -2.11. The van der Waals surface area contributed by atoms with Crippen LogP contribution in [0.2, 0.25) is 0 Å². The van der Waals surface area contributed by atoms with Gasteiger partial charge >= 0.3 is 5.97 Å². The lowest BCUT2D eigenvalue weighted by Crippen LogP contribution is -2.14. The van der Waals surface area contributed by atoms with Crippen LogP contribution in [0.4, 0.5) is 0 Å². The molecule has 0 aromatic carbocycles. The third-order valence-corrected chi connectivity index (χ3v) is 2.39. The largest absolute Gasteiger partial charge is 0.463 e. The van der Waals surface area contributed by atoms with Crippen molar-refractivity contribution >= 4 is 5.97 Å². The predicted octanol–water partition coefficient (Wildman–Crippen LogP) is 3.09. The molecule has 0 atom stereocenters. The summed E-state index contributed by atoms with van der Waals surface area (Å²) in [5, 5.41) is 0. The summed E-state index contributed by atoms with van der Waals surface area (Å²) >= 11 is 0. The van der Waals surface area contributed by atoms with E-state index >= 15 is 0 Å². The molecule has 0 aliphatic carbocycles. The lowest BCUT2D eigenvalue weighted by molar-refractivity contribution is -0.139. The summed E-state index contributed by atoms with van der Waals surface area (Å²) in [6.07, 6.45) is 3.17. The van der Waals surface area contributed by atoms with Gasteiger partial charge in [0.1, 0.15) is 0 Å². The Morgan fingerprint density at radius 3 is 2.31 bits per heavy atom. The molecule has 0 aromatic heterocycles. The van der Waals surface area contributed by atoms with Crippen LogP contribution in [-0.2, 0) is 14.3 Å². The Morgan fingerprint density at radius 1 is 1.12 bits per heavy atom. The minimum absolute atomic E-state index is 0.232. The van der Waals surface area contributed by atoms with Gasteiger partial charge in [-0.15, -0.1) is 0 Å². The van der Waals surface area contributed by atoms with Gasteiger partial charge in [0.15, 0.2) is 0 Å². The Labute approximate surface area is 98.8 Å². The first-order valence-electron chi connectivity index (χ1n) is 6.10. The van der Waals surface area contributed by atoms with E-state index in [1.54, 1.807) is 0 Å². The molecule has 0 fully saturated rings. The third kappa shape index (κ3) is 5.91. The lowest BCUT2D eigenvalue weighted by atomic mass is 10.0. The van der Waals surface area contributed by atoms with Crippen molar-refractivity contribution in [2.24, 2.45) is 0 Å². The molecule has 0 aliphatic rings. The quantitative estimate of drug-likeness (QED) is 0.473. The minimum Gasteiger partial charge on any atom is -0.463 e. The van der Waals surface area contributed by atoms with E-state index < -0.39 is 0 Å². The number of allylic oxidation sites excluding steroid dienone is 1. The summed E-state index contributed by atoms with van der Waals surface area (Å²) in [6.45, 7) is 9.26. The predicted molar refractivity (Wildman–Crippen MR) is 65.4 cm³/mol. The van der Waals surface area contributed by atoms with E-state index in [2.05, 4.69) is 6.92 Å². The van der Waals surface area contributed by atoms with Gasteiger partial charge in [-0.25, -0.2) is 4.79 Å². The highest BCUT2D eigenvalue weighted by Crippen LogP contribution is 2.14. The van der Waals surface area contributed by atoms with Crippen LogP contribution in [0.25, 0.3) is 0 Å². The second kappa shape index (κ2) is 9.40. The van der Waals surface area contributed by atoms with E-state index in [-0.39, 0.29) is 5.97 Å². The van der Waals surface area contributed by atoms with E-state index in [1.807, 2.05) is 20.8 Å². The van der Waals surface area contributed by atoms with Crippen molar-refractivity contribution in [1.29, 1.82) is 0 Å². The maximum Gasteiger partial charge on any atom is 0.336 e. The van der Waals surface area contributed by atoms with Gasteiger partial charge in [-0.3, -0.25) is 0 Å². The number of rotatable bonds is 8. The average molecular weight is 228 g/mol. The van der Waals surface area contributed by atoms with Gasteiger partial charge in [0.25, 0.3) is 0 Å². The van der Waals surface area contributed by atoms with E-state index in [0.717, 1.165) is 24.8 Å². The molecule has 0 spiro atoms. The summed E-state index contributed by atoms with van der Waals surface area (Å²) in [5.41, 5.74) is 1.78. The fraction of sp³-hybridized carbons (Fsp3) is 0.769. The van der Waals surface area contributed by atoms with Crippen molar-refractivity contribution in [3.63, 3.8) is 0 Å². The van der Waals surface area contributed by atoms with Crippen molar-refractivity contribution in [1.82, 2.24) is 0 Å². The highest BCUT2D eigenvalue weighted by molar-refractivity contribution is 5.89. The van der Waals surface area contributed by atoms with Crippen LogP contribution in [0.3, 0.4) is 0 Å². The molecule has 0 amide bonds. The maximum absolute atomic E-state index is 11.7. The van der Waals surface area contributed by atoms with Crippen molar-refractivity contribution in [3.05, 3.63) is 11.1 Å². The highest BCUT2D eigenvalue weighted by Gasteiger charge is 2.13. The van der Waals surface area contributed by atoms with Gasteiger partial charge in [0.2, 0.25) is 0 Å². The Hall–Kier alpha value is -0.830. The van der Waals surface area contributed by atoms with Gasteiger partial charge in [-0.05, 0) is 33.6 Å². The van der Waals surface area contributed by atoms with Gasteiger partial charge in [0.05, 0.1) is 18.8 Å². The molecule has 0 bridgehead atoms. The molecule has 0 saturated heterocycles. The van der Waals surface area contributed by atoms with Crippen molar-refractivity contribution in [3.8, 4) is 0 Å². The number of hydrogen-bond donors (Lipinski definition) is 0. The molecular formula is C13H24O3. The number of carbonyl (C=O) groups excluding carboxylic acids is 1. The van der Waals surface area contributed by atoms with Crippen LogP contribution in [0.15, 0.2) is 11.1 Å². The Kier molecular flexibility index (Phi) is 8.91. The Bertz CT molecular complexity index is 231. The van der Waals surface area contributed by atoms with Crippen molar-refractivity contribution in [2.75, 3.05) is 19.8 Å². The van der Waals surface area contributed by atoms with E-state index in [0.29, 0.717) is 25.4 Å². The first-order valence-corrected chi connectivity index (χ1v) is 6.10. The number of esters is 1. The van der Waals surface area contributed by atoms with Crippen molar-refractivity contribution < 1.29 is 14.3 Å². The number of unbranched alkanes of at least 4 members (excludes halogenated alkanes) is 1. The van der Waals surface area contributed by atoms with Gasteiger partial charge in [0, 0.05) is 6.61 Å². The zero-order valence-corrected chi connectivity index (χ0v) is 11.0. The topological polar surface area (TPSA) is 35.5 Å². The fourth-order valence-electron chi connectivity index (χ4n) is 1.37. The molecule has 16 heavy (non-hydrogen) atoms. The molecule has 94 valence electrons. The highest BCUT2D eigenvalue weighted by atomic mass is 16.5. The minimum atomic E-state index is -0.232. The first-order chi connectivity index (χ1) is 7.67. The second-order valence-corrected chi connectivity index (χ2v) is 3.72. The van der Waals surface area contributed by atoms with Crippen LogP contribution in [0.5, 0.6) is 0 Å². The van der Waals surface area contributed by atoms with Gasteiger partial charge in [-0.1, -0.05) is 18.9 Å². The molecular weight excluding hydrogens is 204 g/mol. The smallest absolute Gasteiger partial charge is 0.336 e. The molecule has 0 aliphatic heterocycles. The zero-order chi connectivity index (χ0) is 12.4. The monoisotopic (exact) mass is 228 g/mol. The molecule has 0 heterocycles. The molecule has 0 rings (SSSR count). The molecule has 0 saturated carbocycles. The van der Waals surface area contributed by atoms with E-state index in [4.69, 9.17) is 9.47 Å². The Morgan fingerprint density at radius 2 is 1.81 bits per heavy atom. The molecule has 0 N–H and O–H groups in total.